The molecule has 0 aliphatic heterocycles. The van der Waals surface area contributed by atoms with Gasteiger partial charge in [-0.1, -0.05) is 49.7 Å². The molecule has 3 aromatic rings. The summed E-state index contributed by atoms with van der Waals surface area (Å²) in [5.74, 6) is 1.29. The molecular formula is C14H13ClN4. The van der Waals surface area contributed by atoms with Crippen LogP contribution in [-0.2, 0) is 0 Å². The second-order valence-electron chi connectivity index (χ2n) is 4.74. The number of fused-ring (bicyclic) bond motifs is 1. The Morgan fingerprint density at radius 1 is 1.11 bits per heavy atom. The van der Waals surface area contributed by atoms with E-state index in [1.165, 1.54) is 5.56 Å². The summed E-state index contributed by atoms with van der Waals surface area (Å²) in [6.07, 6.45) is 1.64. The van der Waals surface area contributed by atoms with E-state index in [0.717, 1.165) is 11.4 Å². The molecule has 0 fully saturated rings. The average molecular weight is 273 g/mol. The van der Waals surface area contributed by atoms with Crippen molar-refractivity contribution in [1.29, 1.82) is 0 Å². The third-order valence-electron chi connectivity index (χ3n) is 3.10. The molecule has 0 bridgehead atoms. The number of hydrogen-bond acceptors (Lipinski definition) is 3. The van der Waals surface area contributed by atoms with E-state index in [2.05, 4.69) is 53.3 Å². The van der Waals surface area contributed by atoms with E-state index >= 15 is 0 Å². The number of halogens is 1. The van der Waals surface area contributed by atoms with Gasteiger partial charge in [-0.15, -0.1) is 10.2 Å². The van der Waals surface area contributed by atoms with Crippen LogP contribution in [0.25, 0.3) is 17.0 Å². The van der Waals surface area contributed by atoms with Gasteiger partial charge in [-0.05, 0) is 11.5 Å². The SMILES string of the molecule is CC(C)c1ccc(-c2nnc3cc(Cl)ncn23)cc1. The monoisotopic (exact) mass is 272 g/mol. The van der Waals surface area contributed by atoms with Gasteiger partial charge in [-0.2, -0.15) is 0 Å². The Labute approximate surface area is 116 Å². The van der Waals surface area contributed by atoms with E-state index in [1.807, 2.05) is 4.40 Å². The first-order valence-corrected chi connectivity index (χ1v) is 6.49. The number of benzene rings is 1. The highest BCUT2D eigenvalue weighted by atomic mass is 35.5. The molecule has 0 spiro atoms. The standard InChI is InChI=1S/C14H13ClN4/c1-9(2)10-3-5-11(6-4-10)14-18-17-13-7-12(15)16-8-19(13)14/h3-9H,1-2H3. The maximum atomic E-state index is 5.84. The van der Waals surface area contributed by atoms with Crippen LogP contribution in [0.4, 0.5) is 0 Å². The van der Waals surface area contributed by atoms with Gasteiger partial charge in [0.2, 0.25) is 0 Å². The molecule has 0 atom stereocenters. The molecule has 0 amide bonds. The second kappa shape index (κ2) is 4.63. The van der Waals surface area contributed by atoms with Crippen LogP contribution in [0.15, 0.2) is 36.7 Å². The first-order valence-electron chi connectivity index (χ1n) is 6.12. The lowest BCUT2D eigenvalue weighted by Crippen LogP contribution is -1.92. The Morgan fingerprint density at radius 2 is 1.84 bits per heavy atom. The van der Waals surface area contributed by atoms with E-state index in [1.54, 1.807) is 12.4 Å². The molecule has 4 nitrogen and oxygen atoms in total. The summed E-state index contributed by atoms with van der Waals surface area (Å²) in [4.78, 5) is 4.06. The van der Waals surface area contributed by atoms with Crippen molar-refractivity contribution in [3.63, 3.8) is 0 Å². The van der Waals surface area contributed by atoms with Gasteiger partial charge in [0.1, 0.15) is 11.5 Å². The predicted octanol–water partition coefficient (Wildman–Crippen LogP) is 3.57. The summed E-state index contributed by atoms with van der Waals surface area (Å²) in [6.45, 7) is 4.35. The maximum absolute atomic E-state index is 5.84. The molecule has 19 heavy (non-hydrogen) atoms. The van der Waals surface area contributed by atoms with Crippen molar-refractivity contribution in [3.05, 3.63) is 47.4 Å². The zero-order valence-electron chi connectivity index (χ0n) is 10.7. The van der Waals surface area contributed by atoms with Gasteiger partial charge in [0, 0.05) is 11.6 Å². The second-order valence-corrected chi connectivity index (χ2v) is 5.13. The van der Waals surface area contributed by atoms with Crippen molar-refractivity contribution < 1.29 is 0 Å². The van der Waals surface area contributed by atoms with Crippen molar-refractivity contribution in [1.82, 2.24) is 19.6 Å². The van der Waals surface area contributed by atoms with Crippen molar-refractivity contribution >= 4 is 17.2 Å². The van der Waals surface area contributed by atoms with Crippen LogP contribution in [0.1, 0.15) is 25.3 Å². The average Bonchev–Trinajstić information content (AvgIpc) is 2.81. The third-order valence-corrected chi connectivity index (χ3v) is 3.31. The summed E-state index contributed by atoms with van der Waals surface area (Å²) in [5, 5.41) is 8.72. The highest BCUT2D eigenvalue weighted by Crippen LogP contribution is 2.22. The van der Waals surface area contributed by atoms with E-state index in [0.29, 0.717) is 16.7 Å². The summed E-state index contributed by atoms with van der Waals surface area (Å²) >= 11 is 5.84. The summed E-state index contributed by atoms with van der Waals surface area (Å²) in [6, 6.07) is 10.0. The minimum absolute atomic E-state index is 0.418. The quantitative estimate of drug-likeness (QED) is 0.670. The van der Waals surface area contributed by atoms with E-state index < -0.39 is 0 Å². The molecule has 1 aromatic carbocycles. The van der Waals surface area contributed by atoms with E-state index in [9.17, 15) is 0 Å². The summed E-state index contributed by atoms with van der Waals surface area (Å²) < 4.78 is 1.83. The topological polar surface area (TPSA) is 43.1 Å². The molecule has 5 heteroatoms. The lowest BCUT2D eigenvalue weighted by Gasteiger charge is -2.06. The molecule has 0 radical (unpaired) electrons. The third kappa shape index (κ3) is 2.19. The zero-order valence-corrected chi connectivity index (χ0v) is 11.5. The molecule has 0 saturated heterocycles. The molecule has 3 rings (SSSR count). The number of hydrogen-bond donors (Lipinski definition) is 0. The first-order chi connectivity index (χ1) is 9.15. The van der Waals surface area contributed by atoms with Gasteiger partial charge in [0.25, 0.3) is 0 Å². The van der Waals surface area contributed by atoms with Crippen molar-refractivity contribution in [2.24, 2.45) is 0 Å². The van der Waals surface area contributed by atoms with Crippen LogP contribution in [0.5, 0.6) is 0 Å². The molecule has 0 aliphatic carbocycles. The first kappa shape index (κ1) is 12.1. The largest absolute Gasteiger partial charge is 0.265 e. The Balaban J connectivity index is 2.09. The maximum Gasteiger partial charge on any atom is 0.169 e. The molecule has 2 aromatic heterocycles. The highest BCUT2D eigenvalue weighted by molar-refractivity contribution is 6.29. The molecule has 2 heterocycles. The number of nitrogens with zero attached hydrogens (tertiary/aromatic N) is 4. The fourth-order valence-corrected chi connectivity index (χ4v) is 2.13. The minimum Gasteiger partial charge on any atom is -0.265 e. The fourth-order valence-electron chi connectivity index (χ4n) is 1.99. The van der Waals surface area contributed by atoms with Crippen LogP contribution >= 0.6 is 11.6 Å². The van der Waals surface area contributed by atoms with Gasteiger partial charge < -0.3 is 0 Å². The number of aromatic nitrogens is 4. The Hall–Kier alpha value is -1.94. The van der Waals surface area contributed by atoms with Crippen LogP contribution < -0.4 is 0 Å². The Kier molecular flexibility index (Phi) is 2.95. The highest BCUT2D eigenvalue weighted by Gasteiger charge is 2.09. The Morgan fingerprint density at radius 3 is 2.53 bits per heavy atom. The summed E-state index contributed by atoms with van der Waals surface area (Å²) in [5.41, 5.74) is 3.02. The van der Waals surface area contributed by atoms with E-state index in [-0.39, 0.29) is 0 Å². The van der Waals surface area contributed by atoms with Crippen LogP contribution in [0, 0.1) is 0 Å². The zero-order chi connectivity index (χ0) is 13.4. The van der Waals surface area contributed by atoms with Gasteiger partial charge in [0.05, 0.1) is 0 Å². The smallest absolute Gasteiger partial charge is 0.169 e. The molecule has 0 unspecified atom stereocenters. The molecule has 96 valence electrons. The molecule has 0 saturated carbocycles. The molecule has 0 N–H and O–H groups in total. The van der Waals surface area contributed by atoms with Gasteiger partial charge in [-0.25, -0.2) is 4.98 Å². The van der Waals surface area contributed by atoms with E-state index in [4.69, 9.17) is 11.6 Å². The number of rotatable bonds is 2. The van der Waals surface area contributed by atoms with Crippen molar-refractivity contribution in [3.8, 4) is 11.4 Å². The van der Waals surface area contributed by atoms with Crippen molar-refractivity contribution in [2.75, 3.05) is 0 Å². The predicted molar refractivity (Wildman–Crippen MR) is 75.3 cm³/mol. The lowest BCUT2D eigenvalue weighted by atomic mass is 10.0. The lowest BCUT2D eigenvalue weighted by molar-refractivity contribution is 0.866. The van der Waals surface area contributed by atoms with Crippen LogP contribution in [0.2, 0.25) is 5.15 Å². The fraction of sp³-hybridized carbons (Fsp3) is 0.214. The van der Waals surface area contributed by atoms with Crippen molar-refractivity contribution in [2.45, 2.75) is 19.8 Å². The van der Waals surface area contributed by atoms with Crippen LogP contribution in [0.3, 0.4) is 0 Å². The molecular weight excluding hydrogens is 260 g/mol. The van der Waals surface area contributed by atoms with Crippen LogP contribution in [-0.4, -0.2) is 19.6 Å². The summed E-state index contributed by atoms with van der Waals surface area (Å²) in [7, 11) is 0. The normalized spacial score (nSPS) is 11.4. The minimum atomic E-state index is 0.418. The van der Waals surface area contributed by atoms with Gasteiger partial charge in [-0.3, -0.25) is 4.40 Å². The van der Waals surface area contributed by atoms with Gasteiger partial charge in [0.15, 0.2) is 11.5 Å². The van der Waals surface area contributed by atoms with Gasteiger partial charge >= 0.3 is 0 Å². The Bertz CT molecular complexity index is 716. The molecule has 0 aliphatic rings.